The van der Waals surface area contributed by atoms with Crippen LogP contribution in [0.25, 0.3) is 11.1 Å². The van der Waals surface area contributed by atoms with E-state index in [1.165, 1.54) is 32.0 Å². The molecule has 1 unspecified atom stereocenters. The average molecular weight is 615 g/mol. The number of aliphatic hydroxyl groups is 1. The van der Waals surface area contributed by atoms with E-state index in [0.29, 0.717) is 6.07 Å². The minimum absolute atomic E-state index is 0.00291. The Morgan fingerprint density at radius 2 is 1.83 bits per heavy atom. The van der Waals surface area contributed by atoms with Gasteiger partial charge >= 0.3 is 6.18 Å². The third-order valence-electron chi connectivity index (χ3n) is 6.48. The van der Waals surface area contributed by atoms with Gasteiger partial charge in [0.15, 0.2) is 11.6 Å². The van der Waals surface area contributed by atoms with E-state index in [1.54, 1.807) is 0 Å². The van der Waals surface area contributed by atoms with E-state index in [4.69, 9.17) is 9.47 Å². The summed E-state index contributed by atoms with van der Waals surface area (Å²) in [6, 6.07) is 8.87. The zero-order valence-electron chi connectivity index (χ0n) is 22.6. The lowest BCUT2D eigenvalue weighted by molar-refractivity contribution is -0.138. The molecular formula is C28H27F5N2O6S. The van der Waals surface area contributed by atoms with Gasteiger partial charge in [-0.15, -0.1) is 0 Å². The fraction of sp³-hybridized carbons (Fsp3) is 0.321. The predicted molar refractivity (Wildman–Crippen MR) is 143 cm³/mol. The minimum atomic E-state index is -4.81. The van der Waals surface area contributed by atoms with Gasteiger partial charge in [-0.2, -0.15) is 13.2 Å². The van der Waals surface area contributed by atoms with Gasteiger partial charge in [-0.05, 0) is 55.8 Å². The average Bonchev–Trinajstić information content (AvgIpc) is 2.92. The fourth-order valence-electron chi connectivity index (χ4n) is 4.30. The molecule has 0 bridgehead atoms. The lowest BCUT2D eigenvalue weighted by Crippen LogP contribution is -2.46. The van der Waals surface area contributed by atoms with Crippen LogP contribution in [0, 0.1) is 11.6 Å². The number of rotatable bonds is 8. The predicted octanol–water partition coefficient (Wildman–Crippen LogP) is 4.89. The number of carbonyl (C=O) groups is 1. The molecule has 1 heterocycles. The highest BCUT2D eigenvalue weighted by molar-refractivity contribution is 7.92. The van der Waals surface area contributed by atoms with E-state index in [1.807, 2.05) is 0 Å². The van der Waals surface area contributed by atoms with Crippen molar-refractivity contribution in [1.82, 2.24) is 5.32 Å². The van der Waals surface area contributed by atoms with Crippen molar-refractivity contribution < 1.29 is 49.7 Å². The molecule has 0 saturated heterocycles. The van der Waals surface area contributed by atoms with E-state index in [2.05, 4.69) is 5.32 Å². The number of fused-ring (bicyclic) bond motifs is 1. The fourth-order valence-corrected chi connectivity index (χ4v) is 5.85. The van der Waals surface area contributed by atoms with Crippen LogP contribution in [0.1, 0.15) is 25.8 Å². The van der Waals surface area contributed by atoms with Crippen LogP contribution in [0.4, 0.5) is 27.6 Å². The van der Waals surface area contributed by atoms with Gasteiger partial charge in [0.2, 0.25) is 0 Å². The van der Waals surface area contributed by atoms with Crippen LogP contribution in [0.3, 0.4) is 0 Å². The van der Waals surface area contributed by atoms with Gasteiger partial charge in [-0.1, -0.05) is 12.1 Å². The third kappa shape index (κ3) is 6.44. The quantitative estimate of drug-likeness (QED) is 0.350. The molecule has 3 aromatic rings. The number of sulfonamides is 1. The first-order valence-electron chi connectivity index (χ1n) is 12.6. The van der Waals surface area contributed by atoms with Crippen molar-refractivity contribution in [2.45, 2.75) is 43.0 Å². The maximum Gasteiger partial charge on any atom is 0.416 e. The molecule has 226 valence electrons. The second-order valence-electron chi connectivity index (χ2n) is 10.1. The summed E-state index contributed by atoms with van der Waals surface area (Å²) in [6.07, 6.45) is -5.62. The van der Waals surface area contributed by atoms with Crippen LogP contribution in [-0.2, 0) is 21.0 Å². The highest BCUT2D eigenvalue weighted by Gasteiger charge is 2.37. The number of amides is 1. The molecule has 0 spiro atoms. The van der Waals surface area contributed by atoms with E-state index in [-0.39, 0.29) is 47.8 Å². The van der Waals surface area contributed by atoms with E-state index in [9.17, 15) is 35.9 Å². The first-order valence-corrected chi connectivity index (χ1v) is 14.0. The van der Waals surface area contributed by atoms with Crippen LogP contribution in [-0.4, -0.2) is 51.3 Å². The summed E-state index contributed by atoms with van der Waals surface area (Å²) in [5.74, 6) is -2.80. The van der Waals surface area contributed by atoms with Gasteiger partial charge in [-0.25, -0.2) is 17.2 Å². The number of nitrogens with one attached hydrogen (secondary N) is 1. The molecule has 1 aliphatic heterocycles. The summed E-state index contributed by atoms with van der Waals surface area (Å²) < 4.78 is 109. The second kappa shape index (κ2) is 11.4. The van der Waals surface area contributed by atoms with E-state index < -0.39 is 55.9 Å². The SMILES string of the molecule is COc1cc(F)cc(-c2ccc3c(c2)N(S(=O)(=O)c2cccc(C(F)(F)F)c2)CC(CCNC(=O)C(C)(C)O)O3)c1F. The highest BCUT2D eigenvalue weighted by Crippen LogP contribution is 2.42. The first-order chi connectivity index (χ1) is 19.5. The van der Waals surface area contributed by atoms with Gasteiger partial charge in [-0.3, -0.25) is 9.10 Å². The number of hydrogen-bond acceptors (Lipinski definition) is 6. The lowest BCUT2D eigenvalue weighted by atomic mass is 10.0. The number of alkyl halides is 3. The summed E-state index contributed by atoms with van der Waals surface area (Å²) in [5.41, 5.74) is -3.16. The molecule has 14 heteroatoms. The summed E-state index contributed by atoms with van der Waals surface area (Å²) >= 11 is 0. The molecule has 42 heavy (non-hydrogen) atoms. The van der Waals surface area contributed by atoms with Crippen molar-refractivity contribution in [3.8, 4) is 22.6 Å². The topological polar surface area (TPSA) is 105 Å². The van der Waals surface area contributed by atoms with Gasteiger partial charge < -0.3 is 19.9 Å². The Kier molecular flexibility index (Phi) is 8.43. The molecule has 4 rings (SSSR count). The summed E-state index contributed by atoms with van der Waals surface area (Å²) in [6.45, 7) is 2.16. The standard InChI is InChI=1S/C28H27F5N2O6S/c1-27(2,37)26(36)34-10-9-19-15-35(42(38,39)20-6-4-5-17(12-20)28(31,32)33)22-11-16(7-8-23(22)41-19)21-13-18(29)14-24(40-3)25(21)30/h4-8,11-14,19,37H,9-10,15H2,1-3H3,(H,34,36). The molecule has 0 fully saturated rings. The third-order valence-corrected chi connectivity index (χ3v) is 8.26. The zero-order valence-corrected chi connectivity index (χ0v) is 23.4. The maximum absolute atomic E-state index is 15.1. The molecule has 2 N–H and O–H groups in total. The highest BCUT2D eigenvalue weighted by atomic mass is 32.2. The molecule has 0 aromatic heterocycles. The summed E-state index contributed by atoms with van der Waals surface area (Å²) in [4.78, 5) is 11.4. The molecule has 0 radical (unpaired) electrons. The number of hydrogen-bond donors (Lipinski definition) is 2. The molecule has 8 nitrogen and oxygen atoms in total. The molecule has 3 aromatic carbocycles. The number of anilines is 1. The van der Waals surface area contributed by atoms with Gasteiger partial charge in [0.25, 0.3) is 15.9 Å². The molecular weight excluding hydrogens is 587 g/mol. The molecule has 0 saturated carbocycles. The number of benzene rings is 3. The van der Waals surface area contributed by atoms with Crippen LogP contribution in [0.15, 0.2) is 59.5 Å². The second-order valence-corrected chi connectivity index (χ2v) is 11.9. The molecule has 1 atom stereocenters. The van der Waals surface area contributed by atoms with E-state index >= 15 is 4.39 Å². The Labute approximate surface area is 238 Å². The number of methoxy groups -OCH3 is 1. The first kappa shape index (κ1) is 31.0. The number of ether oxygens (including phenoxy) is 2. The maximum atomic E-state index is 15.1. The van der Waals surface area contributed by atoms with Crippen LogP contribution >= 0.6 is 0 Å². The Balaban J connectivity index is 1.78. The van der Waals surface area contributed by atoms with Gasteiger partial charge in [0.05, 0.1) is 29.8 Å². The monoisotopic (exact) mass is 614 g/mol. The van der Waals surface area contributed by atoms with Crippen molar-refractivity contribution in [1.29, 1.82) is 0 Å². The Morgan fingerprint density at radius 3 is 2.48 bits per heavy atom. The zero-order chi connectivity index (χ0) is 31.0. The number of halogens is 5. The number of carbonyl (C=O) groups excluding carboxylic acids is 1. The van der Waals surface area contributed by atoms with Gasteiger partial charge in [0.1, 0.15) is 23.3 Å². The largest absolute Gasteiger partial charge is 0.494 e. The smallest absolute Gasteiger partial charge is 0.416 e. The van der Waals surface area contributed by atoms with E-state index in [0.717, 1.165) is 41.7 Å². The van der Waals surface area contributed by atoms with Crippen molar-refractivity contribution in [2.24, 2.45) is 0 Å². The van der Waals surface area contributed by atoms with Crippen molar-refractivity contribution in [3.05, 3.63) is 71.8 Å². The van der Waals surface area contributed by atoms with Crippen LogP contribution < -0.4 is 19.1 Å². The van der Waals surface area contributed by atoms with Crippen molar-refractivity contribution in [2.75, 3.05) is 24.5 Å². The number of nitrogens with zero attached hydrogens (tertiary/aromatic N) is 1. The van der Waals surface area contributed by atoms with Crippen LogP contribution in [0.5, 0.6) is 11.5 Å². The van der Waals surface area contributed by atoms with Crippen LogP contribution in [0.2, 0.25) is 0 Å². The summed E-state index contributed by atoms with van der Waals surface area (Å²) in [7, 11) is -3.50. The lowest BCUT2D eigenvalue weighted by Gasteiger charge is -2.36. The summed E-state index contributed by atoms with van der Waals surface area (Å²) in [5, 5.41) is 12.3. The molecule has 1 aliphatic rings. The van der Waals surface area contributed by atoms with Crippen molar-refractivity contribution >= 4 is 21.6 Å². The Hall–Kier alpha value is -3.91. The van der Waals surface area contributed by atoms with Gasteiger partial charge in [0, 0.05) is 24.6 Å². The Morgan fingerprint density at radius 1 is 1.12 bits per heavy atom. The normalized spacial score (nSPS) is 15.5. The van der Waals surface area contributed by atoms with Crippen molar-refractivity contribution in [3.63, 3.8) is 0 Å². The molecule has 0 aliphatic carbocycles. The minimum Gasteiger partial charge on any atom is -0.494 e. The Bertz CT molecular complexity index is 1610. The molecule has 1 amide bonds.